The quantitative estimate of drug-likeness (QED) is 0.676. The summed E-state index contributed by atoms with van der Waals surface area (Å²) in [6.07, 6.45) is 1.01. The first-order valence-electron chi connectivity index (χ1n) is 7.34. The Morgan fingerprint density at radius 2 is 2.22 bits per heavy atom. The largest absolute Gasteiger partial charge is 0.467 e. The summed E-state index contributed by atoms with van der Waals surface area (Å²) in [4.78, 5) is 15.1. The molecule has 2 atom stereocenters. The molecule has 0 aliphatic carbocycles. The molecule has 0 spiro atoms. The molecular weight excluding hydrogens is 299 g/mol. The van der Waals surface area contributed by atoms with E-state index in [-0.39, 0.29) is 23.5 Å². The van der Waals surface area contributed by atoms with Crippen molar-refractivity contribution in [3.05, 3.63) is 59.9 Å². The minimum absolute atomic E-state index is 0.279. The minimum atomic E-state index is -0.791. The Bertz CT molecular complexity index is 810. The lowest BCUT2D eigenvalue weighted by atomic mass is 10.1. The van der Waals surface area contributed by atoms with Crippen molar-refractivity contribution in [2.24, 2.45) is 0 Å². The number of hydrogen-bond donors (Lipinski definition) is 3. The van der Waals surface area contributed by atoms with E-state index in [1.165, 1.54) is 18.4 Å². The van der Waals surface area contributed by atoms with Gasteiger partial charge in [-0.05, 0) is 37.3 Å². The Hall–Kier alpha value is -2.60. The van der Waals surface area contributed by atoms with Gasteiger partial charge < -0.3 is 19.8 Å². The number of aliphatic hydroxyl groups is 1. The number of amides is 1. The van der Waals surface area contributed by atoms with Crippen LogP contribution >= 0.6 is 0 Å². The van der Waals surface area contributed by atoms with Crippen LogP contribution in [0.5, 0.6) is 0 Å². The van der Waals surface area contributed by atoms with E-state index in [0.717, 1.165) is 0 Å². The maximum atomic E-state index is 13.7. The fourth-order valence-electron chi connectivity index (χ4n) is 2.53. The highest BCUT2D eigenvalue weighted by Gasteiger charge is 2.18. The molecule has 0 radical (unpaired) electrons. The predicted octanol–water partition coefficient (Wildman–Crippen LogP) is 3.14. The molecule has 3 aromatic rings. The molecule has 23 heavy (non-hydrogen) atoms. The standard InChI is InChI=1S/C17H17FN2O3/c1-10(8-15(21)16-6-3-7-23-16)19-17(22)14-9-11-12(18)4-2-5-13(11)20-14/h2-7,9-10,15,20-21H,8H2,1H3,(H,19,22). The second-order valence-corrected chi connectivity index (χ2v) is 5.53. The second kappa shape index (κ2) is 6.26. The van der Waals surface area contributed by atoms with Crippen molar-refractivity contribution < 1.29 is 18.7 Å². The number of hydrogen-bond acceptors (Lipinski definition) is 3. The van der Waals surface area contributed by atoms with Gasteiger partial charge in [-0.25, -0.2) is 4.39 Å². The number of rotatable bonds is 5. The zero-order valence-corrected chi connectivity index (χ0v) is 12.5. The third-order valence-corrected chi connectivity index (χ3v) is 3.68. The number of fused-ring (bicyclic) bond motifs is 1. The number of carbonyl (C=O) groups excluding carboxylic acids is 1. The predicted molar refractivity (Wildman–Crippen MR) is 83.5 cm³/mol. The summed E-state index contributed by atoms with van der Waals surface area (Å²) in [6, 6.07) is 9.22. The van der Waals surface area contributed by atoms with Gasteiger partial charge in [0.1, 0.15) is 23.4 Å². The number of furan rings is 1. The molecule has 2 unspecified atom stereocenters. The maximum Gasteiger partial charge on any atom is 0.267 e. The molecule has 0 saturated heterocycles. The lowest BCUT2D eigenvalue weighted by Gasteiger charge is -2.16. The van der Waals surface area contributed by atoms with E-state index in [0.29, 0.717) is 23.1 Å². The van der Waals surface area contributed by atoms with Gasteiger partial charge in [-0.1, -0.05) is 6.07 Å². The van der Waals surface area contributed by atoms with Crippen LogP contribution in [0.2, 0.25) is 0 Å². The van der Waals surface area contributed by atoms with Crippen LogP contribution in [0, 0.1) is 5.82 Å². The van der Waals surface area contributed by atoms with Gasteiger partial charge in [-0.3, -0.25) is 4.79 Å². The van der Waals surface area contributed by atoms with Gasteiger partial charge in [-0.15, -0.1) is 0 Å². The Morgan fingerprint density at radius 3 is 2.91 bits per heavy atom. The molecule has 1 amide bonds. The van der Waals surface area contributed by atoms with Crippen LogP contribution < -0.4 is 5.32 Å². The van der Waals surface area contributed by atoms with Crippen LogP contribution in [0.15, 0.2) is 47.1 Å². The van der Waals surface area contributed by atoms with Gasteiger partial charge in [0, 0.05) is 23.4 Å². The average molecular weight is 316 g/mol. The van der Waals surface area contributed by atoms with E-state index < -0.39 is 6.10 Å². The number of halogens is 1. The molecule has 0 aliphatic rings. The number of H-pyrrole nitrogens is 1. The minimum Gasteiger partial charge on any atom is -0.467 e. The SMILES string of the molecule is CC(CC(O)c1ccco1)NC(=O)c1cc2c(F)cccc2[nH]1. The molecule has 0 fully saturated rings. The van der Waals surface area contributed by atoms with E-state index >= 15 is 0 Å². The first-order chi connectivity index (χ1) is 11.0. The van der Waals surface area contributed by atoms with Crippen LogP contribution in [0.1, 0.15) is 35.7 Å². The lowest BCUT2D eigenvalue weighted by Crippen LogP contribution is -2.33. The normalized spacial score (nSPS) is 13.9. The van der Waals surface area contributed by atoms with Crippen LogP contribution in [0.25, 0.3) is 10.9 Å². The molecule has 120 valence electrons. The summed E-state index contributed by atoms with van der Waals surface area (Å²) in [5, 5.41) is 13.2. The zero-order chi connectivity index (χ0) is 16.4. The smallest absolute Gasteiger partial charge is 0.267 e. The summed E-state index contributed by atoms with van der Waals surface area (Å²) < 4.78 is 18.8. The van der Waals surface area contributed by atoms with Crippen LogP contribution in [0.3, 0.4) is 0 Å². The number of aliphatic hydroxyl groups excluding tert-OH is 1. The molecular formula is C17H17FN2O3. The summed E-state index contributed by atoms with van der Waals surface area (Å²) in [6.45, 7) is 1.79. The highest BCUT2D eigenvalue weighted by Crippen LogP contribution is 2.20. The zero-order valence-electron chi connectivity index (χ0n) is 12.5. The highest BCUT2D eigenvalue weighted by atomic mass is 19.1. The topological polar surface area (TPSA) is 78.3 Å². The Morgan fingerprint density at radius 1 is 1.39 bits per heavy atom. The molecule has 2 aromatic heterocycles. The highest BCUT2D eigenvalue weighted by molar-refractivity contribution is 5.98. The molecule has 6 heteroatoms. The van der Waals surface area contributed by atoms with Crippen molar-refractivity contribution in [2.45, 2.75) is 25.5 Å². The molecule has 3 N–H and O–H groups in total. The summed E-state index contributed by atoms with van der Waals surface area (Å²) >= 11 is 0. The third-order valence-electron chi connectivity index (χ3n) is 3.68. The van der Waals surface area contributed by atoms with Crippen molar-refractivity contribution in [2.75, 3.05) is 0 Å². The number of aromatic amines is 1. The number of nitrogens with one attached hydrogen (secondary N) is 2. The van der Waals surface area contributed by atoms with Crippen LogP contribution in [0.4, 0.5) is 4.39 Å². The second-order valence-electron chi connectivity index (χ2n) is 5.53. The molecule has 0 bridgehead atoms. The van der Waals surface area contributed by atoms with Crippen molar-refractivity contribution >= 4 is 16.8 Å². The Kier molecular flexibility index (Phi) is 4.16. The number of carbonyl (C=O) groups is 1. The number of benzene rings is 1. The summed E-state index contributed by atoms with van der Waals surface area (Å²) in [5.41, 5.74) is 0.850. The monoisotopic (exact) mass is 316 g/mol. The van der Waals surface area contributed by atoms with Gasteiger partial charge in [0.2, 0.25) is 0 Å². The molecule has 2 heterocycles. The summed E-state index contributed by atoms with van der Waals surface area (Å²) in [7, 11) is 0. The third kappa shape index (κ3) is 3.27. The molecule has 0 aliphatic heterocycles. The maximum absolute atomic E-state index is 13.7. The fourth-order valence-corrected chi connectivity index (χ4v) is 2.53. The van der Waals surface area contributed by atoms with Crippen LogP contribution in [-0.4, -0.2) is 22.0 Å². The molecule has 1 aromatic carbocycles. The van der Waals surface area contributed by atoms with E-state index in [1.807, 2.05) is 0 Å². The molecule has 5 nitrogen and oxygen atoms in total. The van der Waals surface area contributed by atoms with E-state index in [9.17, 15) is 14.3 Å². The van der Waals surface area contributed by atoms with Crippen LogP contribution in [-0.2, 0) is 0 Å². The van der Waals surface area contributed by atoms with Gasteiger partial charge >= 0.3 is 0 Å². The van der Waals surface area contributed by atoms with Gasteiger partial charge in [0.25, 0.3) is 5.91 Å². The van der Waals surface area contributed by atoms with Crippen molar-refractivity contribution in [3.63, 3.8) is 0 Å². The molecule has 0 saturated carbocycles. The lowest BCUT2D eigenvalue weighted by molar-refractivity contribution is 0.0899. The van der Waals surface area contributed by atoms with Crippen molar-refractivity contribution in [1.82, 2.24) is 10.3 Å². The van der Waals surface area contributed by atoms with Gasteiger partial charge in [0.15, 0.2) is 0 Å². The van der Waals surface area contributed by atoms with Gasteiger partial charge in [-0.2, -0.15) is 0 Å². The van der Waals surface area contributed by atoms with Crippen molar-refractivity contribution in [3.8, 4) is 0 Å². The first-order valence-corrected chi connectivity index (χ1v) is 7.34. The average Bonchev–Trinajstić information content (AvgIpc) is 3.17. The summed E-state index contributed by atoms with van der Waals surface area (Å²) in [5.74, 6) is -0.266. The first kappa shape index (κ1) is 15.3. The van der Waals surface area contributed by atoms with E-state index in [1.54, 1.807) is 31.2 Å². The fraction of sp³-hybridized carbons (Fsp3) is 0.235. The van der Waals surface area contributed by atoms with E-state index in [4.69, 9.17) is 4.42 Å². The van der Waals surface area contributed by atoms with Crippen molar-refractivity contribution in [1.29, 1.82) is 0 Å². The number of aromatic nitrogens is 1. The Balaban J connectivity index is 1.66. The Labute approximate surface area is 132 Å². The molecule has 3 rings (SSSR count). The van der Waals surface area contributed by atoms with E-state index in [2.05, 4.69) is 10.3 Å². The van der Waals surface area contributed by atoms with Gasteiger partial charge in [0.05, 0.1) is 6.26 Å².